The quantitative estimate of drug-likeness (QED) is 0.0347. The Morgan fingerprint density at radius 3 is 1.21 bits per heavy atom. The number of Topliss-reactive ketones (excluding diaryl/α,β-unsaturated/α-hetero) is 3. The Morgan fingerprint density at radius 2 is 0.820 bits per heavy atom. The van der Waals surface area contributed by atoms with E-state index in [1.165, 1.54) is 97.1 Å². The average Bonchev–Trinajstić information content (AvgIpc) is 1.14. The van der Waals surface area contributed by atoms with Gasteiger partial charge in [0.25, 0.3) is 0 Å². The van der Waals surface area contributed by atoms with E-state index in [9.17, 15) is 14.4 Å². The second-order valence-electron chi connectivity index (χ2n) is 29.9. The highest BCUT2D eigenvalue weighted by Gasteiger charge is 2.40. The molecule has 6 aromatic heterocycles. The summed E-state index contributed by atoms with van der Waals surface area (Å²) in [5.41, 5.74) is 14.5. The highest BCUT2D eigenvalue weighted by atomic mass is 16.5. The van der Waals surface area contributed by atoms with Gasteiger partial charge in [-0.15, -0.1) is 0 Å². The van der Waals surface area contributed by atoms with Crippen LogP contribution in [0.25, 0.3) is 0 Å². The van der Waals surface area contributed by atoms with Gasteiger partial charge in [-0.2, -0.15) is 0 Å². The number of nitrogens with one attached hydrogen (secondary N) is 3. The summed E-state index contributed by atoms with van der Waals surface area (Å²) in [5.74, 6) is 5.58. The molecule has 0 bridgehead atoms. The van der Waals surface area contributed by atoms with Crippen molar-refractivity contribution < 1.29 is 28.6 Å². The van der Waals surface area contributed by atoms with Crippen molar-refractivity contribution in [2.45, 2.75) is 235 Å². The number of hydrogen-bond donors (Lipinski definition) is 3. The van der Waals surface area contributed by atoms with Crippen LogP contribution in [-0.4, -0.2) is 159 Å². The van der Waals surface area contributed by atoms with Crippen LogP contribution in [0.2, 0.25) is 0 Å². The maximum Gasteiger partial charge on any atom is 0.151 e. The number of ketones is 3. The molecule has 3 saturated heterocycles. The second-order valence-corrected chi connectivity index (χ2v) is 29.9. The van der Waals surface area contributed by atoms with E-state index in [0.717, 1.165) is 227 Å². The van der Waals surface area contributed by atoms with E-state index >= 15 is 0 Å². The molecule has 9 aliphatic rings. The fraction of sp³-hybridized carbons (Fsp3) is 0.598. The molecule has 6 aromatic rings. The Hall–Kier alpha value is -6.93. The van der Waals surface area contributed by atoms with Gasteiger partial charge in [-0.1, -0.05) is 36.8 Å². The van der Waals surface area contributed by atoms with Crippen molar-refractivity contribution in [3.63, 3.8) is 0 Å². The van der Waals surface area contributed by atoms with E-state index in [0.29, 0.717) is 17.8 Å². The lowest BCUT2D eigenvalue weighted by atomic mass is 9.96. The van der Waals surface area contributed by atoms with Crippen molar-refractivity contribution >= 4 is 34.8 Å². The molecule has 15 rings (SSSR count). The van der Waals surface area contributed by atoms with Gasteiger partial charge in [0.05, 0.1) is 36.4 Å². The standard InChI is InChI=1S/C28H38N4O2.2C27H36N4O2/c1-20(33)27(26-18-29-15-12-25(26)21-8-9-21)32-16-13-24(19-32)34-17-4-2-3-7-23-11-10-22-6-5-14-30-28(22)31-23;2*1-19(32)26(24-8-5-14-28-25(24)20-9-10-20)31-16-13-23(18-31)33-17-3-2-7-22-12-11-21-6-4-15-29-27(21)30-22/h10-12,15,18,21,24,27H,2-9,13-14,16-17,19H2,1H3,(H,30,31);2*5,8,11-12,14,20,23,26H,2-4,6-7,9-10,13,15-18H2,1H3,(H,29,30)/t24-,27?;23-,26+;23-,26-/m111/s1. The van der Waals surface area contributed by atoms with Crippen molar-refractivity contribution in [1.82, 2.24) is 44.6 Å². The SMILES string of the molecule is CC(=O)C(c1cnccc1C1CC1)N1CC[C@@H](OCCCCCc2ccc3c(n2)NCCC3)C1.CC(=O)[C@@H](c1cccnc1C1CC1)N1CC[C@@H](OCCCCc2ccc3c(n2)NCCC3)C1.CC(=O)[C@H](c1cccnc1C1CC1)N1CC[C@@H](OCCCCc2ccc3c(n2)NCCC3)C1. The molecule has 6 fully saturated rings. The molecule has 0 amide bonds. The van der Waals surface area contributed by atoms with Crippen LogP contribution >= 0.6 is 0 Å². The van der Waals surface area contributed by atoms with E-state index < -0.39 is 0 Å². The van der Waals surface area contributed by atoms with Crippen LogP contribution in [0.15, 0.2) is 91.5 Å². The Labute approximate surface area is 594 Å². The van der Waals surface area contributed by atoms with Crippen LogP contribution in [0, 0.1) is 0 Å². The Bertz CT molecular complexity index is 3530. The smallest absolute Gasteiger partial charge is 0.151 e. The molecule has 1 unspecified atom stereocenters. The van der Waals surface area contributed by atoms with Crippen LogP contribution in [0.5, 0.6) is 0 Å². The monoisotopic (exact) mass is 1360 g/mol. The number of aromatic nitrogens is 6. The Morgan fingerprint density at radius 1 is 0.440 bits per heavy atom. The first-order valence-electron chi connectivity index (χ1n) is 38.7. The number of carbonyl (C=O) groups is 3. The van der Waals surface area contributed by atoms with Crippen LogP contribution < -0.4 is 16.0 Å². The highest BCUT2D eigenvalue weighted by molar-refractivity contribution is 5.84. The molecule has 6 aliphatic heterocycles. The summed E-state index contributed by atoms with van der Waals surface area (Å²) in [6.45, 7) is 15.8. The lowest BCUT2D eigenvalue weighted by Crippen LogP contribution is -2.33. The first kappa shape index (κ1) is 71.5. The molecule has 6 atom stereocenters. The van der Waals surface area contributed by atoms with E-state index in [2.05, 4.69) is 100 Å². The van der Waals surface area contributed by atoms with Crippen molar-refractivity contribution in [1.29, 1.82) is 0 Å². The molecule has 12 heterocycles. The average molecular weight is 1360 g/mol. The number of hydrogen-bond acceptors (Lipinski definition) is 18. The van der Waals surface area contributed by atoms with Gasteiger partial charge >= 0.3 is 0 Å². The van der Waals surface area contributed by atoms with Crippen molar-refractivity contribution in [2.75, 3.05) is 94.7 Å². The third-order valence-electron chi connectivity index (χ3n) is 21.9. The number of carbonyl (C=O) groups excluding carboxylic acids is 3. The zero-order valence-electron chi connectivity index (χ0n) is 60.0. The molecule has 18 heteroatoms. The Kier molecular flexibility index (Phi) is 25.2. The number of fused-ring (bicyclic) bond motifs is 3. The van der Waals surface area contributed by atoms with Gasteiger partial charge in [0.15, 0.2) is 17.3 Å². The molecule has 3 saturated carbocycles. The molecule has 3 aliphatic carbocycles. The van der Waals surface area contributed by atoms with E-state index in [-0.39, 0.29) is 53.8 Å². The van der Waals surface area contributed by atoms with Gasteiger partial charge in [-0.25, -0.2) is 15.0 Å². The summed E-state index contributed by atoms with van der Waals surface area (Å²) in [5, 5.41) is 10.3. The molecule has 0 aromatic carbocycles. The summed E-state index contributed by atoms with van der Waals surface area (Å²) < 4.78 is 18.7. The molecule has 534 valence electrons. The number of ether oxygens (including phenoxy) is 3. The minimum absolute atomic E-state index is 0.184. The molecule has 100 heavy (non-hydrogen) atoms. The number of rotatable bonds is 31. The Balaban J connectivity index is 0.000000134. The zero-order valence-corrected chi connectivity index (χ0v) is 60.0. The van der Waals surface area contributed by atoms with Gasteiger partial charge in [0, 0.05) is 144 Å². The molecule has 0 spiro atoms. The van der Waals surface area contributed by atoms with Crippen LogP contribution in [-0.2, 0) is 67.1 Å². The zero-order chi connectivity index (χ0) is 68.6. The van der Waals surface area contributed by atoms with E-state index in [1.807, 2.05) is 36.9 Å². The van der Waals surface area contributed by atoms with E-state index in [1.54, 1.807) is 20.8 Å². The lowest BCUT2D eigenvalue weighted by molar-refractivity contribution is -0.123. The normalized spacial score (nSPS) is 21.3. The molecular weight excluding hydrogens is 1250 g/mol. The molecule has 0 radical (unpaired) electrons. The largest absolute Gasteiger partial charge is 0.377 e. The predicted molar refractivity (Wildman–Crippen MR) is 393 cm³/mol. The molecule has 3 N–H and O–H groups in total. The minimum Gasteiger partial charge on any atom is -0.377 e. The van der Waals surface area contributed by atoms with Crippen LogP contribution in [0.4, 0.5) is 17.5 Å². The number of likely N-dealkylation sites (tertiary alicyclic amines) is 3. The summed E-state index contributed by atoms with van der Waals surface area (Å²) in [6.07, 6.45) is 36.0. The van der Waals surface area contributed by atoms with Crippen LogP contribution in [0.1, 0.15) is 246 Å². The van der Waals surface area contributed by atoms with Crippen molar-refractivity contribution in [3.8, 4) is 0 Å². The molecular formula is C82H110N12O6. The second kappa shape index (κ2) is 35.3. The summed E-state index contributed by atoms with van der Waals surface area (Å²) in [6, 6.07) is 22.9. The number of nitrogens with zero attached hydrogens (tertiary/aromatic N) is 9. The first-order chi connectivity index (χ1) is 49.1. The summed E-state index contributed by atoms with van der Waals surface area (Å²) >= 11 is 0. The van der Waals surface area contributed by atoms with Crippen LogP contribution in [0.3, 0.4) is 0 Å². The first-order valence-corrected chi connectivity index (χ1v) is 38.7. The molecule has 18 nitrogen and oxygen atoms in total. The number of aryl methyl sites for hydroxylation is 6. The van der Waals surface area contributed by atoms with Crippen molar-refractivity contribution in [2.24, 2.45) is 0 Å². The maximum atomic E-state index is 12.6. The van der Waals surface area contributed by atoms with Gasteiger partial charge in [-0.05, 0) is 256 Å². The maximum absolute atomic E-state index is 12.6. The highest BCUT2D eigenvalue weighted by Crippen LogP contribution is 2.46. The topological polar surface area (TPSA) is 202 Å². The lowest BCUT2D eigenvalue weighted by Gasteiger charge is -2.27. The minimum atomic E-state index is -0.188. The number of anilines is 3. The van der Waals surface area contributed by atoms with Gasteiger partial charge < -0.3 is 30.2 Å². The van der Waals surface area contributed by atoms with Gasteiger partial charge in [-0.3, -0.25) is 44.0 Å². The fourth-order valence-corrected chi connectivity index (χ4v) is 16.2. The number of pyridine rings is 6. The predicted octanol–water partition coefficient (Wildman–Crippen LogP) is 13.8. The van der Waals surface area contributed by atoms with Crippen molar-refractivity contribution in [3.05, 3.63) is 159 Å². The third kappa shape index (κ3) is 19.4. The van der Waals surface area contributed by atoms with Gasteiger partial charge in [0.2, 0.25) is 0 Å². The third-order valence-corrected chi connectivity index (χ3v) is 21.9. The van der Waals surface area contributed by atoms with Gasteiger partial charge in [0.1, 0.15) is 17.5 Å². The summed E-state index contributed by atoms with van der Waals surface area (Å²) in [7, 11) is 0. The number of unbranched alkanes of at least 4 members (excludes halogenated alkanes) is 4. The fourth-order valence-electron chi connectivity index (χ4n) is 16.2. The van der Waals surface area contributed by atoms with E-state index in [4.69, 9.17) is 29.2 Å². The summed E-state index contributed by atoms with van der Waals surface area (Å²) in [4.78, 5) is 72.8.